The Morgan fingerprint density at radius 3 is 3.00 bits per heavy atom. The molecule has 1 aromatic rings. The van der Waals surface area contributed by atoms with Crippen LogP contribution in [-0.2, 0) is 9.53 Å². The third-order valence-electron chi connectivity index (χ3n) is 2.53. The molecule has 0 saturated carbocycles. The maximum absolute atomic E-state index is 10.1. The first kappa shape index (κ1) is 10.4. The van der Waals surface area contributed by atoms with Gasteiger partial charge in [0.1, 0.15) is 0 Å². The maximum atomic E-state index is 10.1. The van der Waals surface area contributed by atoms with E-state index in [4.69, 9.17) is 16.3 Å². The third kappa shape index (κ3) is 2.26. The quantitative estimate of drug-likeness (QED) is 0.571. The zero-order valence-corrected chi connectivity index (χ0v) is 8.83. The highest BCUT2D eigenvalue weighted by Crippen LogP contribution is 2.32. The summed E-state index contributed by atoms with van der Waals surface area (Å²) in [5, 5.41) is 0.641. The Morgan fingerprint density at radius 1 is 1.53 bits per heavy atom. The van der Waals surface area contributed by atoms with E-state index in [0.29, 0.717) is 16.6 Å². The summed E-state index contributed by atoms with van der Waals surface area (Å²) in [5.41, 5.74) is 1.61. The number of ether oxygens (including phenoxy) is 1. The van der Waals surface area contributed by atoms with Crippen LogP contribution in [0.4, 0.5) is 5.69 Å². The van der Waals surface area contributed by atoms with Crippen molar-refractivity contribution >= 4 is 23.4 Å². The van der Waals surface area contributed by atoms with E-state index in [1.54, 1.807) is 12.1 Å². The minimum Gasteiger partial charge on any atom is -0.381 e. The highest BCUT2D eigenvalue weighted by Gasteiger charge is 2.20. The first-order valence-corrected chi connectivity index (χ1v) is 5.14. The Kier molecular flexibility index (Phi) is 3.17. The van der Waals surface area contributed by atoms with E-state index < -0.39 is 0 Å². The lowest BCUT2D eigenvalue weighted by atomic mass is 9.98. The smallest absolute Gasteiger partial charge is 0.240 e. The average Bonchev–Trinajstić information content (AvgIpc) is 2.71. The van der Waals surface area contributed by atoms with E-state index >= 15 is 0 Å². The van der Waals surface area contributed by atoms with Gasteiger partial charge in [0.25, 0.3) is 0 Å². The van der Waals surface area contributed by atoms with Crippen molar-refractivity contribution in [3.63, 3.8) is 0 Å². The first-order chi connectivity index (χ1) is 7.31. The maximum Gasteiger partial charge on any atom is 0.240 e. The van der Waals surface area contributed by atoms with Crippen LogP contribution in [0.5, 0.6) is 0 Å². The number of nitrogens with zero attached hydrogens (tertiary/aromatic N) is 1. The molecule has 0 amide bonds. The number of benzene rings is 1. The fourth-order valence-electron chi connectivity index (χ4n) is 1.75. The van der Waals surface area contributed by atoms with Crippen molar-refractivity contribution in [2.24, 2.45) is 4.99 Å². The largest absolute Gasteiger partial charge is 0.381 e. The molecule has 1 unspecified atom stereocenters. The zero-order chi connectivity index (χ0) is 10.7. The molecule has 1 aromatic carbocycles. The highest BCUT2D eigenvalue weighted by atomic mass is 35.5. The molecule has 2 rings (SSSR count). The Labute approximate surface area is 92.7 Å². The minimum absolute atomic E-state index is 0.367. The van der Waals surface area contributed by atoms with Crippen LogP contribution in [0.2, 0.25) is 5.02 Å². The monoisotopic (exact) mass is 223 g/mol. The van der Waals surface area contributed by atoms with Crippen molar-refractivity contribution in [2.75, 3.05) is 13.2 Å². The van der Waals surface area contributed by atoms with Crippen LogP contribution in [-0.4, -0.2) is 19.3 Å². The Balaban J connectivity index is 2.29. The zero-order valence-electron chi connectivity index (χ0n) is 8.07. The third-order valence-corrected chi connectivity index (χ3v) is 2.86. The van der Waals surface area contributed by atoms with Crippen molar-refractivity contribution < 1.29 is 9.53 Å². The molecule has 0 N–H and O–H groups in total. The number of aliphatic imine (C=N–C) groups is 1. The van der Waals surface area contributed by atoms with Gasteiger partial charge in [0.05, 0.1) is 12.3 Å². The molecule has 1 saturated heterocycles. The summed E-state index contributed by atoms with van der Waals surface area (Å²) in [7, 11) is 0. The summed E-state index contributed by atoms with van der Waals surface area (Å²) in [6, 6.07) is 5.35. The van der Waals surface area contributed by atoms with Crippen molar-refractivity contribution in [3.05, 3.63) is 28.8 Å². The second kappa shape index (κ2) is 4.58. The van der Waals surface area contributed by atoms with Gasteiger partial charge in [0.2, 0.25) is 6.08 Å². The van der Waals surface area contributed by atoms with E-state index in [2.05, 4.69) is 4.99 Å². The summed E-state index contributed by atoms with van der Waals surface area (Å²) in [5.74, 6) is 0.367. The van der Waals surface area contributed by atoms with Crippen molar-refractivity contribution in [2.45, 2.75) is 12.3 Å². The molecule has 0 aromatic heterocycles. The van der Waals surface area contributed by atoms with Crippen LogP contribution in [0.1, 0.15) is 17.9 Å². The molecule has 3 nitrogen and oxygen atoms in total. The van der Waals surface area contributed by atoms with Gasteiger partial charge in [-0.15, -0.1) is 0 Å². The van der Waals surface area contributed by atoms with E-state index in [9.17, 15) is 4.79 Å². The molecular formula is C11H10ClNO2. The second-order valence-corrected chi connectivity index (χ2v) is 3.88. The average molecular weight is 224 g/mol. The number of isocyanates is 1. The first-order valence-electron chi connectivity index (χ1n) is 4.76. The second-order valence-electron chi connectivity index (χ2n) is 3.47. The van der Waals surface area contributed by atoms with Crippen molar-refractivity contribution in [1.82, 2.24) is 0 Å². The van der Waals surface area contributed by atoms with Gasteiger partial charge in [-0.25, -0.2) is 4.79 Å². The van der Waals surface area contributed by atoms with E-state index in [1.165, 1.54) is 6.08 Å². The Bertz CT molecular complexity index is 407. The van der Waals surface area contributed by atoms with Gasteiger partial charge in [-0.1, -0.05) is 17.7 Å². The molecule has 0 spiro atoms. The van der Waals surface area contributed by atoms with Gasteiger partial charge in [-0.3, -0.25) is 0 Å². The number of carbonyl (C=O) groups excluding carboxylic acids is 1. The fourth-order valence-corrected chi connectivity index (χ4v) is 2.08. The Hall–Kier alpha value is -1.15. The number of halogens is 1. The van der Waals surface area contributed by atoms with Gasteiger partial charge in [0, 0.05) is 17.5 Å². The number of rotatable bonds is 2. The van der Waals surface area contributed by atoms with E-state index in [0.717, 1.165) is 25.2 Å². The minimum atomic E-state index is 0.367. The lowest BCUT2D eigenvalue weighted by Crippen LogP contribution is -1.97. The molecule has 1 atom stereocenters. The Morgan fingerprint density at radius 2 is 2.40 bits per heavy atom. The molecule has 4 heteroatoms. The molecule has 0 radical (unpaired) electrons. The van der Waals surface area contributed by atoms with Crippen LogP contribution in [0.25, 0.3) is 0 Å². The number of hydrogen-bond donors (Lipinski definition) is 0. The topological polar surface area (TPSA) is 38.7 Å². The van der Waals surface area contributed by atoms with E-state index in [1.807, 2.05) is 6.07 Å². The van der Waals surface area contributed by atoms with Crippen LogP contribution in [0.15, 0.2) is 23.2 Å². The normalized spacial score (nSPS) is 19.9. The number of hydrogen-bond acceptors (Lipinski definition) is 3. The summed E-state index contributed by atoms with van der Waals surface area (Å²) in [6.45, 7) is 1.51. The van der Waals surface area contributed by atoms with Gasteiger partial charge < -0.3 is 4.74 Å². The molecule has 0 bridgehead atoms. The van der Waals surface area contributed by atoms with Gasteiger partial charge in [0.15, 0.2) is 0 Å². The van der Waals surface area contributed by atoms with Crippen molar-refractivity contribution in [1.29, 1.82) is 0 Å². The predicted molar refractivity (Wildman–Crippen MR) is 57.4 cm³/mol. The van der Waals surface area contributed by atoms with E-state index in [-0.39, 0.29) is 0 Å². The molecule has 1 heterocycles. The molecule has 78 valence electrons. The molecular weight excluding hydrogens is 214 g/mol. The fraction of sp³-hybridized carbons (Fsp3) is 0.364. The summed E-state index contributed by atoms with van der Waals surface area (Å²) >= 11 is 6.10. The van der Waals surface area contributed by atoms with Crippen LogP contribution < -0.4 is 0 Å². The van der Waals surface area contributed by atoms with Crippen LogP contribution in [0, 0.1) is 0 Å². The molecule has 1 aliphatic heterocycles. The van der Waals surface area contributed by atoms with Crippen LogP contribution >= 0.6 is 11.6 Å². The molecule has 0 aliphatic carbocycles. The molecule has 1 aliphatic rings. The highest BCUT2D eigenvalue weighted by molar-refractivity contribution is 6.31. The summed E-state index contributed by atoms with van der Waals surface area (Å²) < 4.78 is 5.30. The lowest BCUT2D eigenvalue weighted by molar-refractivity contribution is 0.194. The van der Waals surface area contributed by atoms with Crippen molar-refractivity contribution in [3.8, 4) is 0 Å². The summed E-state index contributed by atoms with van der Waals surface area (Å²) in [4.78, 5) is 13.6. The van der Waals surface area contributed by atoms with Gasteiger partial charge >= 0.3 is 0 Å². The summed E-state index contributed by atoms with van der Waals surface area (Å²) in [6.07, 6.45) is 2.49. The standard InChI is InChI=1S/C11H10ClNO2/c12-11-5-9(13-7-14)1-2-10(11)8-3-4-15-6-8/h1-2,5,8H,3-4,6H2. The molecule has 1 fully saturated rings. The van der Waals surface area contributed by atoms with Gasteiger partial charge in [-0.2, -0.15) is 4.99 Å². The molecule has 15 heavy (non-hydrogen) atoms. The van der Waals surface area contributed by atoms with Gasteiger partial charge in [-0.05, 0) is 24.1 Å². The predicted octanol–water partition coefficient (Wildman–Crippen LogP) is 2.81. The lowest BCUT2D eigenvalue weighted by Gasteiger charge is -2.10. The SMILES string of the molecule is O=C=Nc1ccc(C2CCOC2)c(Cl)c1. The van der Waals surface area contributed by atoms with Crippen LogP contribution in [0.3, 0.4) is 0 Å².